The van der Waals surface area contributed by atoms with Crippen LogP contribution in [0.1, 0.15) is 19.8 Å². The Hall–Kier alpha value is -2.70. The average molecular weight is 309 g/mol. The standard InChI is InChI=1S/C16H19N7/c1-11-6-8-22(9-7-11)15-14(17)16(19-10-18-15)23-13-5-3-2-4-12(13)20-21-23/h2-5,10-11H,6-9,17H2,1H3. The lowest BCUT2D eigenvalue weighted by Gasteiger charge is -2.31. The van der Waals surface area contributed by atoms with Crippen LogP contribution in [-0.4, -0.2) is 38.1 Å². The number of para-hydroxylation sites is 1. The van der Waals surface area contributed by atoms with Crippen molar-refractivity contribution >= 4 is 22.5 Å². The molecule has 0 radical (unpaired) electrons. The van der Waals surface area contributed by atoms with Gasteiger partial charge < -0.3 is 10.6 Å². The van der Waals surface area contributed by atoms with Crippen molar-refractivity contribution in [3.8, 4) is 5.82 Å². The molecule has 0 amide bonds. The molecule has 1 fully saturated rings. The predicted octanol–water partition coefficient (Wildman–Crippen LogP) is 2.03. The van der Waals surface area contributed by atoms with Crippen molar-refractivity contribution in [1.82, 2.24) is 25.0 Å². The van der Waals surface area contributed by atoms with Crippen LogP contribution < -0.4 is 10.6 Å². The molecular weight excluding hydrogens is 290 g/mol. The van der Waals surface area contributed by atoms with Crippen LogP contribution >= 0.6 is 0 Å². The van der Waals surface area contributed by atoms with Gasteiger partial charge in [-0.3, -0.25) is 0 Å². The predicted molar refractivity (Wildman–Crippen MR) is 89.5 cm³/mol. The first-order chi connectivity index (χ1) is 11.2. The van der Waals surface area contributed by atoms with Crippen molar-refractivity contribution in [3.05, 3.63) is 30.6 Å². The highest BCUT2D eigenvalue weighted by Gasteiger charge is 2.21. The number of hydrogen-bond donors (Lipinski definition) is 1. The van der Waals surface area contributed by atoms with Crippen LogP contribution in [0.5, 0.6) is 0 Å². The van der Waals surface area contributed by atoms with Gasteiger partial charge in [-0.1, -0.05) is 24.3 Å². The highest BCUT2D eigenvalue weighted by Crippen LogP contribution is 2.29. The average Bonchev–Trinajstić information content (AvgIpc) is 3.00. The molecule has 1 aromatic carbocycles. The Bertz CT molecular complexity index is 833. The zero-order valence-corrected chi connectivity index (χ0v) is 13.1. The lowest BCUT2D eigenvalue weighted by molar-refractivity contribution is 0.436. The fourth-order valence-corrected chi connectivity index (χ4v) is 3.04. The van der Waals surface area contributed by atoms with E-state index >= 15 is 0 Å². The molecule has 7 nitrogen and oxygen atoms in total. The first-order valence-electron chi connectivity index (χ1n) is 7.90. The lowest BCUT2D eigenvalue weighted by Crippen LogP contribution is -2.34. The van der Waals surface area contributed by atoms with Crippen LogP contribution in [-0.2, 0) is 0 Å². The van der Waals surface area contributed by atoms with Gasteiger partial charge in [-0.15, -0.1) is 5.10 Å². The van der Waals surface area contributed by atoms with Crippen molar-refractivity contribution in [2.75, 3.05) is 23.7 Å². The molecule has 0 unspecified atom stereocenters. The van der Waals surface area contributed by atoms with Crippen molar-refractivity contribution in [1.29, 1.82) is 0 Å². The number of nitrogens with two attached hydrogens (primary N) is 1. The number of rotatable bonds is 2. The maximum Gasteiger partial charge on any atom is 0.184 e. The summed E-state index contributed by atoms with van der Waals surface area (Å²) in [7, 11) is 0. The van der Waals surface area contributed by atoms with Crippen molar-refractivity contribution in [2.45, 2.75) is 19.8 Å². The van der Waals surface area contributed by atoms with Crippen LogP contribution in [0.3, 0.4) is 0 Å². The zero-order chi connectivity index (χ0) is 15.8. The molecular formula is C16H19N7. The van der Waals surface area contributed by atoms with Gasteiger partial charge in [-0.25, -0.2) is 9.97 Å². The van der Waals surface area contributed by atoms with Gasteiger partial charge in [0.05, 0.1) is 5.52 Å². The summed E-state index contributed by atoms with van der Waals surface area (Å²) in [5.41, 5.74) is 8.63. The van der Waals surface area contributed by atoms with Gasteiger partial charge in [0.15, 0.2) is 11.6 Å². The number of nitrogens with zero attached hydrogens (tertiary/aromatic N) is 6. The Labute approximate surface area is 134 Å². The van der Waals surface area contributed by atoms with Crippen LogP contribution in [0.25, 0.3) is 16.9 Å². The molecule has 3 heterocycles. The van der Waals surface area contributed by atoms with E-state index in [0.29, 0.717) is 11.5 Å². The largest absolute Gasteiger partial charge is 0.393 e. The highest BCUT2D eigenvalue weighted by atomic mass is 15.4. The molecule has 3 aromatic rings. The number of benzene rings is 1. The van der Waals surface area contributed by atoms with E-state index in [2.05, 4.69) is 32.1 Å². The first kappa shape index (κ1) is 13.9. The molecule has 1 aliphatic heterocycles. The van der Waals surface area contributed by atoms with Crippen LogP contribution in [0.15, 0.2) is 30.6 Å². The van der Waals surface area contributed by atoms with Crippen molar-refractivity contribution < 1.29 is 0 Å². The summed E-state index contributed by atoms with van der Waals surface area (Å²) in [5, 5.41) is 8.37. The fraction of sp³-hybridized carbons (Fsp3) is 0.375. The number of nitrogen functional groups attached to an aromatic ring is 1. The molecule has 4 rings (SSSR count). The monoisotopic (exact) mass is 309 g/mol. The topological polar surface area (TPSA) is 85.8 Å². The molecule has 2 aromatic heterocycles. The maximum atomic E-state index is 6.38. The third-order valence-corrected chi connectivity index (χ3v) is 4.48. The van der Waals surface area contributed by atoms with Gasteiger partial charge >= 0.3 is 0 Å². The molecule has 0 bridgehead atoms. The number of fused-ring (bicyclic) bond motifs is 1. The van der Waals surface area contributed by atoms with E-state index in [1.54, 1.807) is 11.0 Å². The first-order valence-corrected chi connectivity index (χ1v) is 7.90. The van der Waals surface area contributed by atoms with Gasteiger partial charge in [-0.2, -0.15) is 4.68 Å². The lowest BCUT2D eigenvalue weighted by atomic mass is 9.99. The van der Waals surface area contributed by atoms with Gasteiger partial charge in [-0.05, 0) is 30.9 Å². The summed E-state index contributed by atoms with van der Waals surface area (Å²) < 4.78 is 1.68. The Morgan fingerprint density at radius 1 is 1.09 bits per heavy atom. The van der Waals surface area contributed by atoms with Crippen LogP contribution in [0.4, 0.5) is 11.5 Å². The zero-order valence-electron chi connectivity index (χ0n) is 13.1. The molecule has 0 spiro atoms. The SMILES string of the molecule is CC1CCN(c2ncnc(-n3nnc4ccccc43)c2N)CC1. The van der Waals surface area contributed by atoms with E-state index in [9.17, 15) is 0 Å². The summed E-state index contributed by atoms with van der Waals surface area (Å²) >= 11 is 0. The minimum Gasteiger partial charge on any atom is -0.393 e. The van der Waals surface area contributed by atoms with Crippen LogP contribution in [0.2, 0.25) is 0 Å². The van der Waals surface area contributed by atoms with E-state index in [0.717, 1.165) is 48.7 Å². The number of piperidine rings is 1. The molecule has 0 atom stereocenters. The normalized spacial score (nSPS) is 16.1. The Morgan fingerprint density at radius 2 is 1.83 bits per heavy atom. The van der Waals surface area contributed by atoms with E-state index in [4.69, 9.17) is 5.73 Å². The van der Waals surface area contributed by atoms with Gasteiger partial charge in [0.1, 0.15) is 17.5 Å². The second-order valence-electron chi connectivity index (χ2n) is 6.09. The summed E-state index contributed by atoms with van der Waals surface area (Å²) in [6.45, 7) is 4.23. The maximum absolute atomic E-state index is 6.38. The molecule has 2 N–H and O–H groups in total. The number of aromatic nitrogens is 5. The number of anilines is 2. The quantitative estimate of drug-likeness (QED) is 0.779. The van der Waals surface area contributed by atoms with E-state index in [1.165, 1.54) is 0 Å². The molecule has 118 valence electrons. The number of hydrogen-bond acceptors (Lipinski definition) is 6. The molecule has 0 saturated carbocycles. The van der Waals surface area contributed by atoms with Gasteiger partial charge in [0, 0.05) is 13.1 Å². The molecule has 23 heavy (non-hydrogen) atoms. The van der Waals surface area contributed by atoms with Gasteiger partial charge in [0.2, 0.25) is 0 Å². The summed E-state index contributed by atoms with van der Waals surface area (Å²) in [6, 6.07) is 7.76. The van der Waals surface area contributed by atoms with E-state index in [-0.39, 0.29) is 0 Å². The smallest absolute Gasteiger partial charge is 0.184 e. The molecule has 0 aliphatic carbocycles. The van der Waals surface area contributed by atoms with E-state index in [1.807, 2.05) is 24.3 Å². The Morgan fingerprint density at radius 3 is 2.65 bits per heavy atom. The summed E-state index contributed by atoms with van der Waals surface area (Å²) in [5.74, 6) is 2.14. The third kappa shape index (κ3) is 2.38. The van der Waals surface area contributed by atoms with E-state index < -0.39 is 0 Å². The summed E-state index contributed by atoms with van der Waals surface area (Å²) in [6.07, 6.45) is 3.87. The third-order valence-electron chi connectivity index (χ3n) is 4.48. The molecule has 1 aliphatic rings. The second kappa shape index (κ2) is 5.49. The Kier molecular flexibility index (Phi) is 3.33. The Balaban J connectivity index is 1.77. The minimum absolute atomic E-state index is 0.553. The fourth-order valence-electron chi connectivity index (χ4n) is 3.04. The molecule has 1 saturated heterocycles. The minimum atomic E-state index is 0.553. The van der Waals surface area contributed by atoms with Crippen molar-refractivity contribution in [3.63, 3.8) is 0 Å². The van der Waals surface area contributed by atoms with Crippen molar-refractivity contribution in [2.24, 2.45) is 5.92 Å². The highest BCUT2D eigenvalue weighted by molar-refractivity contribution is 5.79. The summed E-state index contributed by atoms with van der Waals surface area (Å²) in [4.78, 5) is 11.0. The van der Waals surface area contributed by atoms with Gasteiger partial charge in [0.25, 0.3) is 0 Å². The molecule has 7 heteroatoms. The second-order valence-corrected chi connectivity index (χ2v) is 6.09. The van der Waals surface area contributed by atoms with Crippen LogP contribution in [0, 0.1) is 5.92 Å².